The number of rotatable bonds is 7. The van der Waals surface area contributed by atoms with Gasteiger partial charge in [0.15, 0.2) is 0 Å². The molecule has 2 N–H and O–H groups in total. The predicted octanol–water partition coefficient (Wildman–Crippen LogP) is 2.08. The van der Waals surface area contributed by atoms with Crippen molar-refractivity contribution in [3.8, 4) is 17.1 Å². The van der Waals surface area contributed by atoms with E-state index in [0.29, 0.717) is 29.4 Å². The number of carbonyl (C=O) groups is 1. The first kappa shape index (κ1) is 18.5. The molecule has 2 aromatic carbocycles. The lowest BCUT2D eigenvalue weighted by atomic mass is 10.1. The monoisotopic (exact) mass is 370 g/mol. The molecule has 0 aliphatic heterocycles. The SMILES string of the molecule is COc1cccc(NC(=O)CN(C)Cc2ccc(F)cc2-c2nn[nH]n2)c1. The molecule has 0 saturated heterocycles. The number of nitrogens with one attached hydrogen (secondary N) is 2. The Kier molecular flexibility index (Phi) is 5.72. The molecule has 0 unspecified atom stereocenters. The highest BCUT2D eigenvalue weighted by molar-refractivity contribution is 5.92. The third-order valence-electron chi connectivity index (χ3n) is 3.87. The highest BCUT2D eigenvalue weighted by atomic mass is 19.1. The molecule has 0 aliphatic carbocycles. The largest absolute Gasteiger partial charge is 0.497 e. The van der Waals surface area contributed by atoms with E-state index >= 15 is 0 Å². The Morgan fingerprint density at radius 1 is 1.30 bits per heavy atom. The third kappa shape index (κ3) is 4.85. The average molecular weight is 370 g/mol. The molecule has 1 amide bonds. The van der Waals surface area contributed by atoms with Gasteiger partial charge in [0.2, 0.25) is 11.7 Å². The number of aromatic amines is 1. The quantitative estimate of drug-likeness (QED) is 0.661. The van der Waals surface area contributed by atoms with E-state index in [0.717, 1.165) is 5.56 Å². The summed E-state index contributed by atoms with van der Waals surface area (Å²) < 4.78 is 18.8. The van der Waals surface area contributed by atoms with Gasteiger partial charge in [0.25, 0.3) is 0 Å². The fourth-order valence-electron chi connectivity index (χ4n) is 2.66. The minimum atomic E-state index is -0.392. The summed E-state index contributed by atoms with van der Waals surface area (Å²) in [5, 5.41) is 16.5. The molecule has 1 heterocycles. The lowest BCUT2D eigenvalue weighted by molar-refractivity contribution is -0.117. The first-order valence-electron chi connectivity index (χ1n) is 8.20. The van der Waals surface area contributed by atoms with Gasteiger partial charge in [0.05, 0.1) is 13.7 Å². The Morgan fingerprint density at radius 2 is 2.15 bits per heavy atom. The molecule has 0 atom stereocenters. The van der Waals surface area contributed by atoms with Crippen LogP contribution in [0.5, 0.6) is 5.75 Å². The molecule has 0 spiro atoms. The smallest absolute Gasteiger partial charge is 0.238 e. The molecular formula is C18H19FN6O2. The first-order valence-corrected chi connectivity index (χ1v) is 8.20. The van der Waals surface area contributed by atoms with Gasteiger partial charge < -0.3 is 10.1 Å². The molecule has 27 heavy (non-hydrogen) atoms. The number of H-pyrrole nitrogens is 1. The normalized spacial score (nSPS) is 10.8. The maximum absolute atomic E-state index is 13.6. The second kappa shape index (κ2) is 8.37. The molecule has 0 bridgehead atoms. The second-order valence-corrected chi connectivity index (χ2v) is 5.99. The Hall–Kier alpha value is -3.33. The summed E-state index contributed by atoms with van der Waals surface area (Å²) >= 11 is 0. The Bertz CT molecular complexity index is 916. The van der Waals surface area contributed by atoms with E-state index in [4.69, 9.17) is 4.74 Å². The van der Waals surface area contributed by atoms with Crippen molar-refractivity contribution in [2.75, 3.05) is 26.0 Å². The van der Waals surface area contributed by atoms with Crippen LogP contribution in [0.2, 0.25) is 0 Å². The van der Waals surface area contributed by atoms with Crippen molar-refractivity contribution < 1.29 is 13.9 Å². The highest BCUT2D eigenvalue weighted by Crippen LogP contribution is 2.22. The number of aromatic nitrogens is 4. The Morgan fingerprint density at radius 3 is 2.89 bits per heavy atom. The van der Waals surface area contributed by atoms with Crippen LogP contribution in [0.25, 0.3) is 11.4 Å². The van der Waals surface area contributed by atoms with Crippen LogP contribution in [0.15, 0.2) is 42.5 Å². The Labute approximate surface area is 155 Å². The number of likely N-dealkylation sites (N-methyl/N-ethyl adjacent to an activating group) is 1. The zero-order chi connectivity index (χ0) is 19.2. The fraction of sp³-hybridized carbons (Fsp3) is 0.222. The van der Waals surface area contributed by atoms with Crippen LogP contribution >= 0.6 is 0 Å². The first-order chi connectivity index (χ1) is 13.0. The summed E-state index contributed by atoms with van der Waals surface area (Å²) in [7, 11) is 3.37. The lowest BCUT2D eigenvalue weighted by Crippen LogP contribution is -2.30. The van der Waals surface area contributed by atoms with Crippen LogP contribution in [0.1, 0.15) is 5.56 Å². The number of hydrogen-bond acceptors (Lipinski definition) is 6. The maximum Gasteiger partial charge on any atom is 0.238 e. The molecule has 3 rings (SSSR count). The minimum absolute atomic E-state index is 0.153. The van der Waals surface area contributed by atoms with Crippen LogP contribution in [-0.2, 0) is 11.3 Å². The third-order valence-corrected chi connectivity index (χ3v) is 3.87. The summed E-state index contributed by atoms with van der Waals surface area (Å²) in [6.45, 7) is 0.565. The van der Waals surface area contributed by atoms with Gasteiger partial charge in [0, 0.05) is 23.9 Å². The van der Waals surface area contributed by atoms with E-state index in [-0.39, 0.29) is 12.5 Å². The predicted molar refractivity (Wildman–Crippen MR) is 97.5 cm³/mol. The molecule has 1 aromatic heterocycles. The van der Waals surface area contributed by atoms with E-state index in [1.165, 1.54) is 12.1 Å². The zero-order valence-corrected chi connectivity index (χ0v) is 14.9. The summed E-state index contributed by atoms with van der Waals surface area (Å²) in [6, 6.07) is 11.5. The number of methoxy groups -OCH3 is 1. The highest BCUT2D eigenvalue weighted by Gasteiger charge is 2.14. The van der Waals surface area contributed by atoms with E-state index in [1.54, 1.807) is 44.5 Å². The van der Waals surface area contributed by atoms with Crippen molar-refractivity contribution in [2.24, 2.45) is 0 Å². The second-order valence-electron chi connectivity index (χ2n) is 5.99. The molecule has 0 radical (unpaired) electrons. The number of benzene rings is 2. The molecule has 0 fully saturated rings. The topological polar surface area (TPSA) is 96.0 Å². The van der Waals surface area contributed by atoms with Crippen LogP contribution in [0.4, 0.5) is 10.1 Å². The number of halogens is 1. The molecular weight excluding hydrogens is 351 g/mol. The summed E-state index contributed by atoms with van der Waals surface area (Å²) in [6.07, 6.45) is 0. The van der Waals surface area contributed by atoms with Gasteiger partial charge >= 0.3 is 0 Å². The van der Waals surface area contributed by atoms with Crippen molar-refractivity contribution in [3.63, 3.8) is 0 Å². The lowest BCUT2D eigenvalue weighted by Gasteiger charge is -2.18. The Balaban J connectivity index is 1.65. The van der Waals surface area contributed by atoms with Gasteiger partial charge in [-0.3, -0.25) is 9.69 Å². The van der Waals surface area contributed by atoms with Crippen molar-refractivity contribution in [1.82, 2.24) is 25.5 Å². The standard InChI is InChI=1S/C18H19FN6O2/c1-25(11-17(26)20-14-4-3-5-15(9-14)27-2)10-12-6-7-13(19)8-16(12)18-21-23-24-22-18/h3-9H,10-11H2,1-2H3,(H,20,26)(H,21,22,23,24). The van der Waals surface area contributed by atoms with Crippen LogP contribution in [0, 0.1) is 5.82 Å². The van der Waals surface area contributed by atoms with Gasteiger partial charge in [0.1, 0.15) is 11.6 Å². The number of amides is 1. The number of anilines is 1. The van der Waals surface area contributed by atoms with Gasteiger partial charge in [-0.15, -0.1) is 10.2 Å². The fourth-order valence-corrected chi connectivity index (χ4v) is 2.66. The molecule has 140 valence electrons. The number of tetrazole rings is 1. The van der Waals surface area contributed by atoms with E-state index in [1.807, 2.05) is 4.90 Å². The van der Waals surface area contributed by atoms with Gasteiger partial charge in [-0.2, -0.15) is 5.21 Å². The van der Waals surface area contributed by atoms with Crippen LogP contribution in [-0.4, -0.2) is 52.1 Å². The number of nitrogens with zero attached hydrogens (tertiary/aromatic N) is 4. The summed E-state index contributed by atoms with van der Waals surface area (Å²) in [4.78, 5) is 14.1. The average Bonchev–Trinajstić information content (AvgIpc) is 3.17. The van der Waals surface area contributed by atoms with Gasteiger partial charge in [-0.1, -0.05) is 12.1 Å². The van der Waals surface area contributed by atoms with Crippen molar-refractivity contribution in [2.45, 2.75) is 6.54 Å². The molecule has 0 saturated carbocycles. The van der Waals surface area contributed by atoms with Crippen molar-refractivity contribution >= 4 is 11.6 Å². The number of carbonyl (C=O) groups excluding carboxylic acids is 1. The van der Waals surface area contributed by atoms with Crippen molar-refractivity contribution in [1.29, 1.82) is 0 Å². The van der Waals surface area contributed by atoms with Crippen LogP contribution in [0.3, 0.4) is 0 Å². The minimum Gasteiger partial charge on any atom is -0.497 e. The molecule has 9 heteroatoms. The number of ether oxygens (including phenoxy) is 1. The zero-order valence-electron chi connectivity index (χ0n) is 14.9. The van der Waals surface area contributed by atoms with E-state index < -0.39 is 5.82 Å². The summed E-state index contributed by atoms with van der Waals surface area (Å²) in [5.41, 5.74) is 1.97. The van der Waals surface area contributed by atoms with E-state index in [2.05, 4.69) is 25.9 Å². The van der Waals surface area contributed by atoms with Gasteiger partial charge in [-0.25, -0.2) is 4.39 Å². The van der Waals surface area contributed by atoms with Gasteiger partial charge in [-0.05, 0) is 42.1 Å². The summed E-state index contributed by atoms with van der Waals surface area (Å²) in [5.74, 6) is 0.405. The molecule has 0 aliphatic rings. The van der Waals surface area contributed by atoms with Crippen molar-refractivity contribution in [3.05, 3.63) is 53.8 Å². The number of hydrogen-bond donors (Lipinski definition) is 2. The maximum atomic E-state index is 13.6. The van der Waals surface area contributed by atoms with Crippen LogP contribution < -0.4 is 10.1 Å². The molecule has 8 nitrogen and oxygen atoms in total. The van der Waals surface area contributed by atoms with E-state index in [9.17, 15) is 9.18 Å². The molecule has 3 aromatic rings.